The third-order valence-electron chi connectivity index (χ3n) is 2.20. The highest BCUT2D eigenvalue weighted by Crippen LogP contribution is 2.29. The molecule has 0 unspecified atom stereocenters. The summed E-state index contributed by atoms with van der Waals surface area (Å²) >= 11 is 6.05. The Morgan fingerprint density at radius 3 is 2.71 bits per heavy atom. The van der Waals surface area contributed by atoms with Gasteiger partial charge in [-0.1, -0.05) is 17.7 Å². The smallest absolute Gasteiger partial charge is 0.131 e. The highest BCUT2D eigenvalue weighted by Gasteiger charge is 2.12. The van der Waals surface area contributed by atoms with Crippen molar-refractivity contribution in [3.05, 3.63) is 23.2 Å². The van der Waals surface area contributed by atoms with Crippen LogP contribution in [0.4, 0.5) is 5.82 Å². The standard InChI is InChI=1S/C10H12ClN3/c1-6(2)14-10(12)9-7(11)4-3-5-8(9)13-14/h3-6H,12H2,1-2H3. The number of nitrogens with zero attached hydrogens (tertiary/aromatic N) is 2. The third kappa shape index (κ3) is 1.24. The Morgan fingerprint density at radius 1 is 1.43 bits per heavy atom. The lowest BCUT2D eigenvalue weighted by Crippen LogP contribution is -2.06. The van der Waals surface area contributed by atoms with Crippen molar-refractivity contribution in [3.63, 3.8) is 0 Å². The average molecular weight is 210 g/mol. The van der Waals surface area contributed by atoms with Crippen LogP contribution in [0.1, 0.15) is 19.9 Å². The van der Waals surface area contributed by atoms with E-state index in [9.17, 15) is 0 Å². The number of anilines is 1. The van der Waals surface area contributed by atoms with Crippen LogP contribution >= 0.6 is 11.6 Å². The summed E-state index contributed by atoms with van der Waals surface area (Å²) in [7, 11) is 0. The van der Waals surface area contributed by atoms with E-state index in [4.69, 9.17) is 17.3 Å². The van der Waals surface area contributed by atoms with E-state index in [1.165, 1.54) is 0 Å². The van der Waals surface area contributed by atoms with Gasteiger partial charge in [-0.05, 0) is 26.0 Å². The van der Waals surface area contributed by atoms with Crippen LogP contribution in [0.2, 0.25) is 5.02 Å². The highest BCUT2D eigenvalue weighted by atomic mass is 35.5. The molecule has 2 N–H and O–H groups in total. The van der Waals surface area contributed by atoms with Gasteiger partial charge >= 0.3 is 0 Å². The summed E-state index contributed by atoms with van der Waals surface area (Å²) < 4.78 is 1.79. The molecule has 0 amide bonds. The first-order chi connectivity index (χ1) is 6.61. The zero-order valence-electron chi connectivity index (χ0n) is 8.16. The van der Waals surface area contributed by atoms with Crippen LogP contribution in [0, 0.1) is 0 Å². The minimum atomic E-state index is 0.249. The molecule has 0 atom stereocenters. The first kappa shape index (κ1) is 9.34. The number of benzene rings is 1. The van der Waals surface area contributed by atoms with Gasteiger partial charge in [0.2, 0.25) is 0 Å². The van der Waals surface area contributed by atoms with Gasteiger partial charge in [-0.3, -0.25) is 0 Å². The summed E-state index contributed by atoms with van der Waals surface area (Å²) in [5.74, 6) is 0.639. The van der Waals surface area contributed by atoms with Crippen molar-refractivity contribution >= 4 is 28.3 Å². The van der Waals surface area contributed by atoms with E-state index in [0.29, 0.717) is 10.8 Å². The second-order valence-electron chi connectivity index (χ2n) is 3.56. The van der Waals surface area contributed by atoms with E-state index in [1.807, 2.05) is 32.0 Å². The summed E-state index contributed by atoms with van der Waals surface area (Å²) in [4.78, 5) is 0. The summed E-state index contributed by atoms with van der Waals surface area (Å²) in [5.41, 5.74) is 6.81. The molecule has 0 fully saturated rings. The number of hydrogen-bond acceptors (Lipinski definition) is 2. The summed E-state index contributed by atoms with van der Waals surface area (Å²) in [5, 5.41) is 5.89. The predicted octanol–water partition coefficient (Wildman–Crippen LogP) is 2.85. The Morgan fingerprint density at radius 2 is 2.14 bits per heavy atom. The zero-order valence-corrected chi connectivity index (χ0v) is 8.92. The van der Waals surface area contributed by atoms with E-state index >= 15 is 0 Å². The quantitative estimate of drug-likeness (QED) is 0.785. The topological polar surface area (TPSA) is 43.8 Å². The molecule has 0 saturated carbocycles. The van der Waals surface area contributed by atoms with Gasteiger partial charge in [0.05, 0.1) is 15.9 Å². The minimum absolute atomic E-state index is 0.249. The normalized spacial score (nSPS) is 11.4. The van der Waals surface area contributed by atoms with Crippen LogP contribution in [0.15, 0.2) is 18.2 Å². The molecule has 14 heavy (non-hydrogen) atoms. The lowest BCUT2D eigenvalue weighted by Gasteiger charge is -2.06. The Hall–Kier alpha value is -1.22. The fourth-order valence-corrected chi connectivity index (χ4v) is 1.79. The van der Waals surface area contributed by atoms with E-state index in [2.05, 4.69) is 5.10 Å². The van der Waals surface area contributed by atoms with E-state index in [1.54, 1.807) is 4.68 Å². The number of halogens is 1. The van der Waals surface area contributed by atoms with Gasteiger partial charge < -0.3 is 5.73 Å². The molecule has 1 heterocycles. The van der Waals surface area contributed by atoms with Gasteiger partial charge in [0.1, 0.15) is 5.82 Å². The van der Waals surface area contributed by atoms with Crippen LogP contribution in [-0.4, -0.2) is 9.78 Å². The highest BCUT2D eigenvalue weighted by molar-refractivity contribution is 6.36. The predicted molar refractivity (Wildman–Crippen MR) is 59.5 cm³/mol. The first-order valence-corrected chi connectivity index (χ1v) is 4.91. The van der Waals surface area contributed by atoms with Crippen LogP contribution in [0.5, 0.6) is 0 Å². The molecule has 0 radical (unpaired) electrons. The molecular formula is C10H12ClN3. The van der Waals surface area contributed by atoms with Crippen molar-refractivity contribution in [2.24, 2.45) is 0 Å². The number of nitrogens with two attached hydrogens (primary N) is 1. The monoisotopic (exact) mass is 209 g/mol. The second-order valence-corrected chi connectivity index (χ2v) is 3.96. The van der Waals surface area contributed by atoms with Crippen molar-refractivity contribution in [2.45, 2.75) is 19.9 Å². The van der Waals surface area contributed by atoms with Crippen molar-refractivity contribution in [1.82, 2.24) is 9.78 Å². The van der Waals surface area contributed by atoms with Crippen LogP contribution in [-0.2, 0) is 0 Å². The average Bonchev–Trinajstić information content (AvgIpc) is 2.45. The molecule has 1 aromatic heterocycles. The van der Waals surface area contributed by atoms with Gasteiger partial charge in [-0.25, -0.2) is 4.68 Å². The molecule has 0 aliphatic carbocycles. The van der Waals surface area contributed by atoms with E-state index < -0.39 is 0 Å². The maximum atomic E-state index is 6.05. The van der Waals surface area contributed by atoms with Gasteiger partial charge in [0, 0.05) is 6.04 Å². The Balaban J connectivity index is 2.81. The van der Waals surface area contributed by atoms with Gasteiger partial charge in [-0.2, -0.15) is 5.10 Å². The number of rotatable bonds is 1. The summed E-state index contributed by atoms with van der Waals surface area (Å²) in [6.07, 6.45) is 0. The molecule has 0 spiro atoms. The Kier molecular flexibility index (Phi) is 2.11. The molecule has 0 saturated heterocycles. The molecular weight excluding hydrogens is 198 g/mol. The molecule has 2 aromatic rings. The lowest BCUT2D eigenvalue weighted by molar-refractivity contribution is 0.545. The van der Waals surface area contributed by atoms with E-state index in [-0.39, 0.29) is 6.04 Å². The van der Waals surface area contributed by atoms with Crippen LogP contribution in [0.3, 0.4) is 0 Å². The molecule has 1 aromatic carbocycles. The maximum absolute atomic E-state index is 6.05. The number of fused-ring (bicyclic) bond motifs is 1. The second kappa shape index (κ2) is 3.17. The molecule has 0 bridgehead atoms. The number of hydrogen-bond donors (Lipinski definition) is 1. The molecule has 74 valence electrons. The fourth-order valence-electron chi connectivity index (χ4n) is 1.53. The Labute approximate surface area is 87.5 Å². The minimum Gasteiger partial charge on any atom is -0.383 e. The first-order valence-electron chi connectivity index (χ1n) is 4.53. The fraction of sp³-hybridized carbons (Fsp3) is 0.300. The summed E-state index contributed by atoms with van der Waals surface area (Å²) in [6.45, 7) is 4.08. The molecule has 2 rings (SSSR count). The van der Waals surface area contributed by atoms with Crippen molar-refractivity contribution in [3.8, 4) is 0 Å². The lowest BCUT2D eigenvalue weighted by atomic mass is 10.2. The van der Waals surface area contributed by atoms with Crippen LogP contribution < -0.4 is 5.73 Å². The zero-order chi connectivity index (χ0) is 10.3. The Bertz CT molecular complexity index is 473. The number of nitrogen functional groups attached to an aromatic ring is 1. The van der Waals surface area contributed by atoms with Gasteiger partial charge in [0.25, 0.3) is 0 Å². The molecule has 0 aliphatic rings. The molecule has 4 heteroatoms. The van der Waals surface area contributed by atoms with Crippen LogP contribution in [0.25, 0.3) is 10.9 Å². The maximum Gasteiger partial charge on any atom is 0.131 e. The summed E-state index contributed by atoms with van der Waals surface area (Å²) in [6, 6.07) is 5.86. The third-order valence-corrected chi connectivity index (χ3v) is 2.51. The van der Waals surface area contributed by atoms with Crippen molar-refractivity contribution < 1.29 is 0 Å². The molecule has 3 nitrogen and oxygen atoms in total. The van der Waals surface area contributed by atoms with Crippen molar-refractivity contribution in [1.29, 1.82) is 0 Å². The SMILES string of the molecule is CC(C)n1nc2cccc(Cl)c2c1N. The number of aromatic nitrogens is 2. The molecule has 0 aliphatic heterocycles. The van der Waals surface area contributed by atoms with Gasteiger partial charge in [0.15, 0.2) is 0 Å². The largest absolute Gasteiger partial charge is 0.383 e. The van der Waals surface area contributed by atoms with Gasteiger partial charge in [-0.15, -0.1) is 0 Å². The van der Waals surface area contributed by atoms with E-state index in [0.717, 1.165) is 10.9 Å². The van der Waals surface area contributed by atoms with Crippen molar-refractivity contribution in [2.75, 3.05) is 5.73 Å².